The number of nitrogens with zero attached hydrogens (tertiary/aromatic N) is 2. The molecule has 0 radical (unpaired) electrons. The molecular formula is C27H26ClN3O5. The van der Waals surface area contributed by atoms with E-state index in [0.29, 0.717) is 40.5 Å². The van der Waals surface area contributed by atoms with Crippen molar-refractivity contribution in [3.63, 3.8) is 0 Å². The SMILES string of the molecule is COc1ccc(CCNC(=O)Cn2c(=O)c(=O)n(Cc3ccc(Cl)cc3)c3ccccc32)cc1OC. The van der Waals surface area contributed by atoms with Gasteiger partial charge >= 0.3 is 11.1 Å². The molecule has 36 heavy (non-hydrogen) atoms. The Morgan fingerprint density at radius 1 is 0.833 bits per heavy atom. The van der Waals surface area contributed by atoms with Gasteiger partial charge in [0.15, 0.2) is 11.5 Å². The van der Waals surface area contributed by atoms with Crippen LogP contribution in [0.15, 0.2) is 76.3 Å². The quantitative estimate of drug-likeness (QED) is 0.351. The topological polar surface area (TPSA) is 91.6 Å². The molecule has 0 unspecified atom stereocenters. The van der Waals surface area contributed by atoms with Crippen LogP contribution in [0, 0.1) is 0 Å². The highest BCUT2D eigenvalue weighted by Gasteiger charge is 2.15. The van der Waals surface area contributed by atoms with Crippen LogP contribution in [0.2, 0.25) is 5.02 Å². The zero-order chi connectivity index (χ0) is 25.7. The normalized spacial score (nSPS) is 10.9. The standard InChI is InChI=1S/C27H26ClN3O5/c1-35-23-12-9-18(15-24(23)36-2)13-14-29-25(32)17-31-22-6-4-3-5-21(22)30(26(33)27(31)34)16-19-7-10-20(28)11-8-19/h3-12,15H,13-14,16-17H2,1-2H3,(H,29,32). The number of amides is 1. The Balaban J connectivity index is 1.52. The number of hydrogen-bond acceptors (Lipinski definition) is 5. The van der Waals surface area contributed by atoms with E-state index in [4.69, 9.17) is 21.1 Å². The monoisotopic (exact) mass is 507 g/mol. The predicted molar refractivity (Wildman–Crippen MR) is 139 cm³/mol. The molecule has 9 heteroatoms. The summed E-state index contributed by atoms with van der Waals surface area (Å²) in [7, 11) is 3.13. The average molecular weight is 508 g/mol. The highest BCUT2D eigenvalue weighted by molar-refractivity contribution is 6.30. The summed E-state index contributed by atoms with van der Waals surface area (Å²) < 4.78 is 13.2. The van der Waals surface area contributed by atoms with E-state index in [9.17, 15) is 14.4 Å². The fourth-order valence-corrected chi connectivity index (χ4v) is 4.16. The summed E-state index contributed by atoms with van der Waals surface area (Å²) in [5.74, 6) is 0.874. The van der Waals surface area contributed by atoms with E-state index < -0.39 is 11.1 Å². The smallest absolute Gasteiger partial charge is 0.317 e. The summed E-state index contributed by atoms with van der Waals surface area (Å²) in [6.45, 7) is 0.307. The zero-order valence-corrected chi connectivity index (χ0v) is 20.7. The molecule has 0 saturated carbocycles. The molecule has 4 aromatic rings. The molecule has 186 valence electrons. The van der Waals surface area contributed by atoms with Crippen molar-refractivity contribution in [2.75, 3.05) is 20.8 Å². The van der Waals surface area contributed by atoms with E-state index >= 15 is 0 Å². The predicted octanol–water partition coefficient (Wildman–Crippen LogP) is 3.24. The molecule has 3 aromatic carbocycles. The molecule has 0 aliphatic heterocycles. The van der Waals surface area contributed by atoms with Crippen molar-refractivity contribution in [2.24, 2.45) is 0 Å². The first-order valence-corrected chi connectivity index (χ1v) is 11.7. The minimum absolute atomic E-state index is 0.212. The van der Waals surface area contributed by atoms with Crippen molar-refractivity contribution < 1.29 is 14.3 Å². The van der Waals surface area contributed by atoms with Gasteiger partial charge in [0.2, 0.25) is 5.91 Å². The van der Waals surface area contributed by atoms with Crippen LogP contribution in [0.25, 0.3) is 11.0 Å². The number of fused-ring (bicyclic) bond motifs is 1. The third-order valence-corrected chi connectivity index (χ3v) is 6.13. The first kappa shape index (κ1) is 25.1. The van der Waals surface area contributed by atoms with Gasteiger partial charge in [-0.1, -0.05) is 41.9 Å². The Morgan fingerprint density at radius 3 is 2.11 bits per heavy atom. The van der Waals surface area contributed by atoms with Gasteiger partial charge in [0.1, 0.15) is 6.54 Å². The number of hydrogen-bond donors (Lipinski definition) is 1. The van der Waals surface area contributed by atoms with E-state index in [-0.39, 0.29) is 19.0 Å². The van der Waals surface area contributed by atoms with E-state index in [1.807, 2.05) is 12.1 Å². The summed E-state index contributed by atoms with van der Waals surface area (Å²) in [4.78, 5) is 38.7. The lowest BCUT2D eigenvalue weighted by Crippen LogP contribution is -2.44. The second-order valence-electron chi connectivity index (χ2n) is 8.19. The van der Waals surface area contributed by atoms with E-state index in [1.165, 1.54) is 9.13 Å². The van der Waals surface area contributed by atoms with Crippen LogP contribution in [0.4, 0.5) is 0 Å². The molecule has 0 saturated heterocycles. The van der Waals surface area contributed by atoms with E-state index in [1.54, 1.807) is 68.8 Å². The molecule has 0 fully saturated rings. The largest absolute Gasteiger partial charge is 0.493 e. The number of carbonyl (C=O) groups is 1. The molecular weight excluding hydrogens is 482 g/mol. The number of methoxy groups -OCH3 is 2. The van der Waals surface area contributed by atoms with Crippen molar-refractivity contribution in [3.05, 3.63) is 104 Å². The van der Waals surface area contributed by atoms with Crippen molar-refractivity contribution in [2.45, 2.75) is 19.5 Å². The van der Waals surface area contributed by atoms with Crippen molar-refractivity contribution in [3.8, 4) is 11.5 Å². The summed E-state index contributed by atoms with van der Waals surface area (Å²) in [6.07, 6.45) is 0.560. The first-order valence-electron chi connectivity index (χ1n) is 11.4. The lowest BCUT2D eigenvalue weighted by Gasteiger charge is -2.15. The molecule has 4 rings (SSSR count). The highest BCUT2D eigenvalue weighted by atomic mass is 35.5. The first-order chi connectivity index (χ1) is 17.4. The molecule has 0 bridgehead atoms. The van der Waals surface area contributed by atoms with Crippen molar-refractivity contribution in [1.82, 2.24) is 14.5 Å². The van der Waals surface area contributed by atoms with Crippen LogP contribution in [0.3, 0.4) is 0 Å². The fraction of sp³-hybridized carbons (Fsp3) is 0.222. The van der Waals surface area contributed by atoms with Gasteiger partial charge in [0, 0.05) is 11.6 Å². The Bertz CT molecular complexity index is 1510. The number of nitrogens with one attached hydrogen (secondary N) is 1. The third kappa shape index (κ3) is 5.44. The molecule has 0 aliphatic carbocycles. The van der Waals surface area contributed by atoms with Gasteiger partial charge in [-0.2, -0.15) is 0 Å². The van der Waals surface area contributed by atoms with Gasteiger partial charge in [0.05, 0.1) is 31.8 Å². The van der Waals surface area contributed by atoms with Gasteiger partial charge in [-0.25, -0.2) is 0 Å². The fourth-order valence-electron chi connectivity index (χ4n) is 4.04. The van der Waals surface area contributed by atoms with Gasteiger partial charge in [-0.3, -0.25) is 23.5 Å². The van der Waals surface area contributed by atoms with Crippen molar-refractivity contribution >= 4 is 28.5 Å². The number of aromatic nitrogens is 2. The summed E-state index contributed by atoms with van der Waals surface area (Å²) in [5.41, 5.74) is 1.41. The van der Waals surface area contributed by atoms with Crippen LogP contribution in [-0.2, 0) is 24.3 Å². The number of para-hydroxylation sites is 2. The molecule has 8 nitrogen and oxygen atoms in total. The molecule has 1 amide bonds. The van der Waals surface area contributed by atoms with Crippen LogP contribution >= 0.6 is 11.6 Å². The van der Waals surface area contributed by atoms with Crippen LogP contribution in [0.1, 0.15) is 11.1 Å². The number of ether oxygens (including phenoxy) is 2. The van der Waals surface area contributed by atoms with Crippen LogP contribution < -0.4 is 25.9 Å². The number of carbonyl (C=O) groups excluding carboxylic acids is 1. The maximum atomic E-state index is 13.0. The minimum Gasteiger partial charge on any atom is -0.493 e. The highest BCUT2D eigenvalue weighted by Crippen LogP contribution is 2.27. The zero-order valence-electron chi connectivity index (χ0n) is 20.0. The van der Waals surface area contributed by atoms with Gasteiger partial charge in [-0.15, -0.1) is 0 Å². The third-order valence-electron chi connectivity index (χ3n) is 5.88. The second-order valence-corrected chi connectivity index (χ2v) is 8.62. The molecule has 0 atom stereocenters. The average Bonchev–Trinajstić information content (AvgIpc) is 2.90. The van der Waals surface area contributed by atoms with Gasteiger partial charge in [-0.05, 0) is 53.9 Å². The van der Waals surface area contributed by atoms with E-state index in [2.05, 4.69) is 5.32 Å². The van der Waals surface area contributed by atoms with E-state index in [0.717, 1.165) is 11.1 Å². The summed E-state index contributed by atoms with van der Waals surface area (Å²) >= 11 is 5.96. The molecule has 1 aromatic heterocycles. The second kappa shape index (κ2) is 11.1. The molecule has 0 spiro atoms. The number of benzene rings is 3. The Morgan fingerprint density at radius 2 is 1.44 bits per heavy atom. The maximum absolute atomic E-state index is 13.0. The Labute approximate surface area is 212 Å². The molecule has 1 heterocycles. The summed E-state index contributed by atoms with van der Waals surface area (Å²) in [6, 6.07) is 19.7. The number of halogens is 1. The maximum Gasteiger partial charge on any atom is 0.317 e. The van der Waals surface area contributed by atoms with Crippen molar-refractivity contribution in [1.29, 1.82) is 0 Å². The van der Waals surface area contributed by atoms with Gasteiger partial charge < -0.3 is 14.8 Å². The molecule has 0 aliphatic rings. The van der Waals surface area contributed by atoms with Crippen LogP contribution in [0.5, 0.6) is 11.5 Å². The van der Waals surface area contributed by atoms with Gasteiger partial charge in [0.25, 0.3) is 0 Å². The van der Waals surface area contributed by atoms with Crippen LogP contribution in [-0.4, -0.2) is 35.8 Å². The Kier molecular flexibility index (Phi) is 7.75. The molecule has 1 N–H and O–H groups in total. The Hall–Kier alpha value is -4.04. The lowest BCUT2D eigenvalue weighted by atomic mass is 10.1. The minimum atomic E-state index is -0.752. The lowest BCUT2D eigenvalue weighted by molar-refractivity contribution is -0.121. The summed E-state index contributed by atoms with van der Waals surface area (Å²) in [5, 5.41) is 3.41. The number of rotatable bonds is 9.